The van der Waals surface area contributed by atoms with E-state index in [1.165, 1.54) is 30.2 Å². The van der Waals surface area contributed by atoms with E-state index in [1.807, 2.05) is 0 Å². The molecule has 3 rings (SSSR count). The second-order valence-corrected chi connectivity index (χ2v) is 5.84. The summed E-state index contributed by atoms with van der Waals surface area (Å²) in [6, 6.07) is 4.61. The van der Waals surface area contributed by atoms with Crippen LogP contribution in [0.1, 0.15) is 23.2 Å². The fourth-order valence-electron chi connectivity index (χ4n) is 2.82. The van der Waals surface area contributed by atoms with E-state index in [1.54, 1.807) is 0 Å². The van der Waals surface area contributed by atoms with Gasteiger partial charge in [0.2, 0.25) is 5.91 Å². The molecular formula is C18H14F4N2O3. The molecule has 1 fully saturated rings. The van der Waals surface area contributed by atoms with E-state index in [-0.39, 0.29) is 23.4 Å². The highest BCUT2D eigenvalue weighted by molar-refractivity contribution is 6.05. The molecule has 1 N–H and O–H groups in total. The van der Waals surface area contributed by atoms with Crippen molar-refractivity contribution in [3.63, 3.8) is 0 Å². The average Bonchev–Trinajstić information content (AvgIpc) is 3.08. The van der Waals surface area contributed by atoms with Crippen molar-refractivity contribution in [2.24, 2.45) is 0 Å². The van der Waals surface area contributed by atoms with Crippen molar-refractivity contribution >= 4 is 23.2 Å². The van der Waals surface area contributed by atoms with Gasteiger partial charge in [-0.25, -0.2) is 17.6 Å². The lowest BCUT2D eigenvalue weighted by Gasteiger charge is -2.19. The summed E-state index contributed by atoms with van der Waals surface area (Å²) >= 11 is 0. The van der Waals surface area contributed by atoms with Gasteiger partial charge in [-0.1, -0.05) is 0 Å². The highest BCUT2D eigenvalue weighted by Crippen LogP contribution is 2.34. The van der Waals surface area contributed by atoms with Crippen molar-refractivity contribution in [1.29, 1.82) is 0 Å². The molecule has 0 saturated carbocycles. The summed E-state index contributed by atoms with van der Waals surface area (Å²) in [6.45, 7) is 0.528. The Morgan fingerprint density at radius 1 is 1.11 bits per heavy atom. The van der Waals surface area contributed by atoms with E-state index in [9.17, 15) is 27.2 Å². The van der Waals surface area contributed by atoms with Crippen molar-refractivity contribution in [3.8, 4) is 5.75 Å². The zero-order valence-corrected chi connectivity index (χ0v) is 14.1. The molecule has 1 aliphatic heterocycles. The molecule has 142 valence electrons. The van der Waals surface area contributed by atoms with Crippen LogP contribution >= 0.6 is 0 Å². The summed E-state index contributed by atoms with van der Waals surface area (Å²) in [5.74, 6) is -8.50. The summed E-state index contributed by atoms with van der Waals surface area (Å²) in [5.41, 5.74) is -0.344. The molecule has 0 atom stereocenters. The maximum atomic E-state index is 13.7. The van der Waals surface area contributed by atoms with Crippen LogP contribution in [0, 0.1) is 23.3 Å². The highest BCUT2D eigenvalue weighted by atomic mass is 19.2. The number of hydrogen-bond acceptors (Lipinski definition) is 3. The maximum absolute atomic E-state index is 13.7. The summed E-state index contributed by atoms with van der Waals surface area (Å²) in [5, 5.41) is 2.26. The SMILES string of the molecule is COc1cc(NC(=O)c2cc(F)c(F)c(F)c2F)ccc1N1CCCC1=O. The number of rotatable bonds is 4. The molecule has 2 aromatic carbocycles. The van der Waals surface area contributed by atoms with Gasteiger partial charge in [0.05, 0.1) is 18.4 Å². The van der Waals surface area contributed by atoms with Crippen molar-refractivity contribution in [1.82, 2.24) is 0 Å². The molecule has 0 unspecified atom stereocenters. The third kappa shape index (κ3) is 3.44. The molecular weight excluding hydrogens is 368 g/mol. The van der Waals surface area contributed by atoms with Gasteiger partial charge in [-0.05, 0) is 24.6 Å². The van der Waals surface area contributed by atoms with Gasteiger partial charge in [0, 0.05) is 24.7 Å². The van der Waals surface area contributed by atoms with Crippen molar-refractivity contribution in [2.75, 3.05) is 23.9 Å². The predicted octanol–water partition coefficient (Wildman–Crippen LogP) is 3.63. The highest BCUT2D eigenvalue weighted by Gasteiger charge is 2.26. The van der Waals surface area contributed by atoms with Crippen LogP contribution in [0.5, 0.6) is 5.75 Å². The molecule has 5 nitrogen and oxygen atoms in total. The first-order valence-corrected chi connectivity index (χ1v) is 7.96. The summed E-state index contributed by atoms with van der Waals surface area (Å²) in [7, 11) is 1.37. The van der Waals surface area contributed by atoms with Gasteiger partial charge >= 0.3 is 0 Å². The molecule has 1 heterocycles. The Balaban J connectivity index is 1.88. The molecule has 2 aromatic rings. The minimum atomic E-state index is -2.07. The van der Waals surface area contributed by atoms with Gasteiger partial charge in [0.15, 0.2) is 23.3 Å². The van der Waals surface area contributed by atoms with Crippen LogP contribution in [0.3, 0.4) is 0 Å². The predicted molar refractivity (Wildman–Crippen MR) is 88.8 cm³/mol. The monoisotopic (exact) mass is 382 g/mol. The smallest absolute Gasteiger partial charge is 0.258 e. The van der Waals surface area contributed by atoms with Gasteiger partial charge in [0.1, 0.15) is 5.75 Å². The van der Waals surface area contributed by atoms with Crippen molar-refractivity contribution in [3.05, 3.63) is 53.1 Å². The number of nitrogens with zero attached hydrogens (tertiary/aromatic N) is 1. The molecule has 0 aromatic heterocycles. The quantitative estimate of drug-likeness (QED) is 0.499. The number of halogens is 4. The van der Waals surface area contributed by atoms with Crippen molar-refractivity contribution < 1.29 is 31.9 Å². The molecule has 0 spiro atoms. The Kier molecular flexibility index (Phi) is 5.02. The molecule has 2 amide bonds. The second kappa shape index (κ2) is 7.26. The van der Waals surface area contributed by atoms with Crippen LogP contribution in [-0.2, 0) is 4.79 Å². The van der Waals surface area contributed by atoms with Gasteiger partial charge in [-0.15, -0.1) is 0 Å². The van der Waals surface area contributed by atoms with E-state index >= 15 is 0 Å². The first-order valence-electron chi connectivity index (χ1n) is 7.96. The number of anilines is 2. The third-order valence-corrected chi connectivity index (χ3v) is 4.15. The first-order chi connectivity index (χ1) is 12.8. The van der Waals surface area contributed by atoms with Gasteiger partial charge in [-0.3, -0.25) is 9.59 Å². The van der Waals surface area contributed by atoms with E-state index in [4.69, 9.17) is 4.74 Å². The summed E-state index contributed by atoms with van der Waals surface area (Å²) in [6.07, 6.45) is 1.13. The topological polar surface area (TPSA) is 58.6 Å². The lowest BCUT2D eigenvalue weighted by atomic mass is 10.1. The van der Waals surface area contributed by atoms with Gasteiger partial charge in [-0.2, -0.15) is 0 Å². The minimum absolute atomic E-state index is 0.0654. The molecule has 1 aliphatic rings. The van der Waals surface area contributed by atoms with E-state index < -0.39 is 34.7 Å². The molecule has 0 aliphatic carbocycles. The Bertz CT molecular complexity index is 933. The number of benzene rings is 2. The maximum Gasteiger partial charge on any atom is 0.258 e. The third-order valence-electron chi connectivity index (χ3n) is 4.15. The molecule has 27 heavy (non-hydrogen) atoms. The Morgan fingerprint density at radius 3 is 2.48 bits per heavy atom. The Morgan fingerprint density at radius 2 is 1.85 bits per heavy atom. The minimum Gasteiger partial charge on any atom is -0.494 e. The number of nitrogens with one attached hydrogen (secondary N) is 1. The molecule has 1 saturated heterocycles. The standard InChI is InChI=1S/C18H14F4N2O3/c1-27-13-7-9(4-5-12(13)24-6-2-3-14(24)25)23-18(26)10-8-11(19)16(21)17(22)15(10)20/h4-5,7-8H,2-3,6H2,1H3,(H,23,26). The zero-order valence-electron chi connectivity index (χ0n) is 14.1. The fraction of sp³-hybridized carbons (Fsp3) is 0.222. The van der Waals surface area contributed by atoms with E-state index in [2.05, 4.69) is 5.32 Å². The van der Waals surface area contributed by atoms with Crippen LogP contribution in [0.15, 0.2) is 24.3 Å². The summed E-state index contributed by atoms with van der Waals surface area (Å²) < 4.78 is 58.6. The van der Waals surface area contributed by atoms with Crippen LogP contribution in [0.2, 0.25) is 0 Å². The number of carbonyl (C=O) groups excluding carboxylic acids is 2. The van der Waals surface area contributed by atoms with E-state index in [0.29, 0.717) is 25.1 Å². The number of carbonyl (C=O) groups is 2. The zero-order chi connectivity index (χ0) is 19.7. The van der Waals surface area contributed by atoms with Crippen molar-refractivity contribution in [2.45, 2.75) is 12.8 Å². The first kappa shape index (κ1) is 18.7. The second-order valence-electron chi connectivity index (χ2n) is 5.84. The fourth-order valence-corrected chi connectivity index (χ4v) is 2.82. The Hall–Kier alpha value is -3.10. The largest absolute Gasteiger partial charge is 0.494 e. The van der Waals surface area contributed by atoms with E-state index in [0.717, 1.165) is 0 Å². The average molecular weight is 382 g/mol. The van der Waals surface area contributed by atoms with Crippen LogP contribution in [0.4, 0.5) is 28.9 Å². The van der Waals surface area contributed by atoms with Gasteiger partial charge < -0.3 is 15.0 Å². The molecule has 0 bridgehead atoms. The number of ether oxygens (including phenoxy) is 1. The lowest BCUT2D eigenvalue weighted by molar-refractivity contribution is -0.117. The normalized spacial score (nSPS) is 13.8. The van der Waals surface area contributed by atoms with Gasteiger partial charge in [0.25, 0.3) is 5.91 Å². The van der Waals surface area contributed by atoms with Crippen LogP contribution in [0.25, 0.3) is 0 Å². The summed E-state index contributed by atoms with van der Waals surface area (Å²) in [4.78, 5) is 25.5. The number of hydrogen-bond donors (Lipinski definition) is 1. The number of amides is 2. The van der Waals surface area contributed by atoms with Crippen LogP contribution in [-0.4, -0.2) is 25.5 Å². The Labute approximate surface area is 151 Å². The molecule has 0 radical (unpaired) electrons. The number of methoxy groups -OCH3 is 1. The van der Waals surface area contributed by atoms with Crippen LogP contribution < -0.4 is 15.0 Å². The lowest BCUT2D eigenvalue weighted by Crippen LogP contribution is -2.24. The molecule has 9 heteroatoms.